The number of hydrogen-bond donors (Lipinski definition) is 0. The summed E-state index contributed by atoms with van der Waals surface area (Å²) in [4.78, 5) is 28.3. The zero-order valence-corrected chi connectivity index (χ0v) is 14.1. The highest BCUT2D eigenvalue weighted by Gasteiger charge is 2.35. The van der Waals surface area contributed by atoms with Gasteiger partial charge in [-0.2, -0.15) is 0 Å². The molecule has 0 N–H and O–H groups in total. The Kier molecular flexibility index (Phi) is 5.71. The minimum Gasteiger partial charge on any atom is -0.496 e. The van der Waals surface area contributed by atoms with Crippen molar-refractivity contribution in [3.05, 3.63) is 29.8 Å². The van der Waals surface area contributed by atoms with E-state index in [1.807, 2.05) is 31.2 Å². The first-order valence-electron chi connectivity index (χ1n) is 7.32. The molecule has 0 aliphatic carbocycles. The lowest BCUT2D eigenvalue weighted by molar-refractivity contribution is -0.142. The minimum atomic E-state index is -0.350. The Morgan fingerprint density at radius 1 is 1.41 bits per heavy atom. The fourth-order valence-electron chi connectivity index (χ4n) is 2.42. The first-order chi connectivity index (χ1) is 10.6. The number of para-hydroxylation sites is 1. The van der Waals surface area contributed by atoms with E-state index in [-0.39, 0.29) is 24.3 Å². The van der Waals surface area contributed by atoms with E-state index >= 15 is 0 Å². The van der Waals surface area contributed by atoms with Crippen LogP contribution >= 0.6 is 11.8 Å². The lowest BCUT2D eigenvalue weighted by atomic mass is 10.1. The summed E-state index contributed by atoms with van der Waals surface area (Å²) in [6, 6.07) is 7.14. The average Bonchev–Trinajstić information content (AvgIpc) is 3.03. The molecule has 1 aromatic carbocycles. The molecule has 1 heterocycles. The zero-order chi connectivity index (χ0) is 16.1. The van der Waals surface area contributed by atoms with Crippen LogP contribution in [0.2, 0.25) is 0 Å². The summed E-state index contributed by atoms with van der Waals surface area (Å²) in [6.45, 7) is 2.58. The number of carbonyl (C=O) groups is 2. The molecule has 0 radical (unpaired) electrons. The third-order valence-electron chi connectivity index (χ3n) is 3.87. The molecule has 6 heteroatoms. The first kappa shape index (κ1) is 16.7. The van der Waals surface area contributed by atoms with Crippen molar-refractivity contribution in [2.45, 2.75) is 19.4 Å². The third kappa shape index (κ3) is 3.55. The van der Waals surface area contributed by atoms with Crippen LogP contribution < -0.4 is 4.74 Å². The number of nitrogens with zero attached hydrogens (tertiary/aromatic N) is 2. The van der Waals surface area contributed by atoms with Crippen molar-refractivity contribution in [2.24, 2.45) is 0 Å². The third-order valence-corrected chi connectivity index (χ3v) is 4.88. The van der Waals surface area contributed by atoms with Crippen LogP contribution in [-0.4, -0.2) is 60.0 Å². The molecule has 0 aromatic heterocycles. The summed E-state index contributed by atoms with van der Waals surface area (Å²) in [5.74, 6) is 1.93. The molecule has 1 unspecified atom stereocenters. The smallest absolute Gasteiger partial charge is 0.245 e. The number of hydrogen-bond acceptors (Lipinski definition) is 4. The standard InChI is InChI=1S/C16H22N2O3S/c1-4-17(2)16(20)13-10-22-11-18(13)15(19)9-12-7-5-6-8-14(12)21-3/h5-8,13H,4,9-11H2,1-3H3. The van der Waals surface area contributed by atoms with E-state index in [1.54, 1.807) is 35.7 Å². The van der Waals surface area contributed by atoms with Crippen LogP contribution in [0.25, 0.3) is 0 Å². The lowest BCUT2D eigenvalue weighted by Gasteiger charge is -2.27. The van der Waals surface area contributed by atoms with Crippen molar-refractivity contribution in [1.82, 2.24) is 9.80 Å². The van der Waals surface area contributed by atoms with E-state index < -0.39 is 0 Å². The van der Waals surface area contributed by atoms with Gasteiger partial charge in [-0.25, -0.2) is 0 Å². The zero-order valence-electron chi connectivity index (χ0n) is 13.2. The molecule has 1 atom stereocenters. The quantitative estimate of drug-likeness (QED) is 0.826. The molecule has 2 rings (SSSR count). The van der Waals surface area contributed by atoms with E-state index in [0.29, 0.717) is 23.9 Å². The van der Waals surface area contributed by atoms with Crippen molar-refractivity contribution in [3.8, 4) is 5.75 Å². The van der Waals surface area contributed by atoms with Crippen LogP contribution in [0.5, 0.6) is 5.75 Å². The summed E-state index contributed by atoms with van der Waals surface area (Å²) in [7, 11) is 3.37. The SMILES string of the molecule is CCN(C)C(=O)C1CSCN1C(=O)Cc1ccccc1OC. The second-order valence-electron chi connectivity index (χ2n) is 5.22. The summed E-state index contributed by atoms with van der Waals surface area (Å²) < 4.78 is 5.29. The number of rotatable bonds is 5. The van der Waals surface area contributed by atoms with Gasteiger partial charge in [0, 0.05) is 24.9 Å². The molecule has 1 aliphatic rings. The van der Waals surface area contributed by atoms with Gasteiger partial charge in [-0.3, -0.25) is 9.59 Å². The van der Waals surface area contributed by atoms with Crippen molar-refractivity contribution < 1.29 is 14.3 Å². The number of methoxy groups -OCH3 is 1. The molecule has 1 aliphatic heterocycles. The Labute approximate surface area is 135 Å². The predicted octanol–water partition coefficient (Wildman–Crippen LogP) is 1.62. The monoisotopic (exact) mass is 322 g/mol. The van der Waals surface area contributed by atoms with Crippen molar-refractivity contribution in [2.75, 3.05) is 32.3 Å². The number of ether oxygens (including phenoxy) is 1. The summed E-state index contributed by atoms with van der Waals surface area (Å²) in [6.07, 6.45) is 0.254. The number of benzene rings is 1. The van der Waals surface area contributed by atoms with Crippen LogP contribution in [0.4, 0.5) is 0 Å². The van der Waals surface area contributed by atoms with Gasteiger partial charge in [0.2, 0.25) is 11.8 Å². The van der Waals surface area contributed by atoms with Gasteiger partial charge >= 0.3 is 0 Å². The molecule has 5 nitrogen and oxygen atoms in total. The minimum absolute atomic E-state index is 0.0147. The molecule has 22 heavy (non-hydrogen) atoms. The van der Waals surface area contributed by atoms with Crippen LogP contribution in [0, 0.1) is 0 Å². The maximum Gasteiger partial charge on any atom is 0.245 e. The molecule has 0 bridgehead atoms. The van der Waals surface area contributed by atoms with E-state index in [2.05, 4.69) is 0 Å². The van der Waals surface area contributed by atoms with Crippen molar-refractivity contribution in [3.63, 3.8) is 0 Å². The first-order valence-corrected chi connectivity index (χ1v) is 8.48. The van der Waals surface area contributed by atoms with Crippen LogP contribution in [0.3, 0.4) is 0 Å². The molecular weight excluding hydrogens is 300 g/mol. The van der Waals surface area contributed by atoms with Gasteiger partial charge in [0.05, 0.1) is 19.4 Å². The Morgan fingerprint density at radius 3 is 2.82 bits per heavy atom. The topological polar surface area (TPSA) is 49.9 Å². The van der Waals surface area contributed by atoms with Crippen LogP contribution in [0.15, 0.2) is 24.3 Å². The molecule has 0 saturated carbocycles. The van der Waals surface area contributed by atoms with Gasteiger partial charge in [0.1, 0.15) is 11.8 Å². The second-order valence-corrected chi connectivity index (χ2v) is 6.22. The van der Waals surface area contributed by atoms with Gasteiger partial charge in [-0.1, -0.05) is 18.2 Å². The Morgan fingerprint density at radius 2 is 2.14 bits per heavy atom. The largest absolute Gasteiger partial charge is 0.496 e. The van der Waals surface area contributed by atoms with Gasteiger partial charge in [-0.15, -0.1) is 11.8 Å². The van der Waals surface area contributed by atoms with Gasteiger partial charge in [0.25, 0.3) is 0 Å². The highest BCUT2D eigenvalue weighted by Crippen LogP contribution is 2.25. The van der Waals surface area contributed by atoms with Crippen molar-refractivity contribution in [1.29, 1.82) is 0 Å². The maximum atomic E-state index is 12.6. The van der Waals surface area contributed by atoms with E-state index in [4.69, 9.17) is 4.74 Å². The molecule has 1 saturated heterocycles. The molecule has 120 valence electrons. The number of amides is 2. The number of thioether (sulfide) groups is 1. The Hall–Kier alpha value is -1.69. The van der Waals surface area contributed by atoms with Crippen molar-refractivity contribution >= 4 is 23.6 Å². The highest BCUT2D eigenvalue weighted by molar-refractivity contribution is 7.99. The highest BCUT2D eigenvalue weighted by atomic mass is 32.2. The molecule has 0 spiro atoms. The summed E-state index contributed by atoms with van der Waals surface area (Å²) >= 11 is 1.62. The van der Waals surface area contributed by atoms with Crippen LogP contribution in [-0.2, 0) is 16.0 Å². The normalized spacial score (nSPS) is 17.4. The molecule has 2 amide bonds. The summed E-state index contributed by atoms with van der Waals surface area (Å²) in [5, 5.41) is 0. The Balaban J connectivity index is 2.09. The fraction of sp³-hybridized carbons (Fsp3) is 0.500. The molecule has 1 aromatic rings. The van der Waals surface area contributed by atoms with Gasteiger partial charge in [-0.05, 0) is 13.0 Å². The fourth-order valence-corrected chi connectivity index (χ4v) is 3.59. The second kappa shape index (κ2) is 7.54. The predicted molar refractivity (Wildman–Crippen MR) is 88.0 cm³/mol. The summed E-state index contributed by atoms with van der Waals surface area (Å²) in [5.41, 5.74) is 0.849. The molecule has 1 fully saturated rings. The maximum absolute atomic E-state index is 12.6. The van der Waals surface area contributed by atoms with E-state index in [9.17, 15) is 9.59 Å². The Bertz CT molecular complexity index is 550. The van der Waals surface area contributed by atoms with Gasteiger partial charge < -0.3 is 14.5 Å². The lowest BCUT2D eigenvalue weighted by Crippen LogP contribution is -2.48. The number of likely N-dealkylation sites (N-methyl/N-ethyl adjacent to an activating group) is 1. The number of carbonyl (C=O) groups excluding carboxylic acids is 2. The molecular formula is C16H22N2O3S. The van der Waals surface area contributed by atoms with Gasteiger partial charge in [0.15, 0.2) is 0 Å². The van der Waals surface area contributed by atoms with E-state index in [0.717, 1.165) is 5.56 Å². The van der Waals surface area contributed by atoms with E-state index in [1.165, 1.54) is 0 Å². The average molecular weight is 322 g/mol. The van der Waals surface area contributed by atoms with Crippen LogP contribution in [0.1, 0.15) is 12.5 Å².